The summed E-state index contributed by atoms with van der Waals surface area (Å²) in [6, 6.07) is 5.82. The molecule has 0 N–H and O–H groups in total. The molecule has 0 amide bonds. The van der Waals surface area contributed by atoms with Gasteiger partial charge in [0, 0.05) is 6.20 Å². The fraction of sp³-hybridized carbons (Fsp3) is 0.333. The fourth-order valence-corrected chi connectivity index (χ4v) is 1.57. The van der Waals surface area contributed by atoms with Crippen LogP contribution in [0.15, 0.2) is 18.3 Å². The maximum absolute atomic E-state index is 8.89. The average molecular weight is 179 g/mol. The van der Waals surface area contributed by atoms with Gasteiger partial charge in [-0.3, -0.25) is 4.98 Å². The molecule has 1 aromatic heterocycles. The molecule has 1 fully saturated rings. The predicted molar refractivity (Wildman–Crippen MR) is 45.8 cm³/mol. The summed E-state index contributed by atoms with van der Waals surface area (Å²) in [5.74, 6) is 0. The SMILES string of the molecule is N#CC1(c2ncccc2Cl)CC1. The molecular formula is C9H7ClN2. The standard InChI is InChI=1S/C9H7ClN2/c10-7-2-1-5-12-8(7)9(6-11)3-4-9/h1-2,5H,3-4H2. The van der Waals surface area contributed by atoms with E-state index in [0.717, 1.165) is 18.5 Å². The first-order chi connectivity index (χ1) is 5.78. The van der Waals surface area contributed by atoms with E-state index in [2.05, 4.69) is 11.1 Å². The van der Waals surface area contributed by atoms with Crippen molar-refractivity contribution < 1.29 is 0 Å². The molecule has 3 heteroatoms. The van der Waals surface area contributed by atoms with Crippen LogP contribution in [-0.4, -0.2) is 4.98 Å². The predicted octanol–water partition coefficient (Wildman–Crippen LogP) is 2.29. The Labute approximate surface area is 75.8 Å². The van der Waals surface area contributed by atoms with E-state index in [4.69, 9.17) is 16.9 Å². The van der Waals surface area contributed by atoms with E-state index in [9.17, 15) is 0 Å². The quantitative estimate of drug-likeness (QED) is 0.662. The van der Waals surface area contributed by atoms with Crippen LogP contribution in [0.3, 0.4) is 0 Å². The molecular weight excluding hydrogens is 172 g/mol. The van der Waals surface area contributed by atoms with E-state index in [0.29, 0.717) is 5.02 Å². The van der Waals surface area contributed by atoms with Gasteiger partial charge in [-0.25, -0.2) is 0 Å². The molecule has 1 aliphatic carbocycles. The number of nitrogens with zero attached hydrogens (tertiary/aromatic N) is 2. The van der Waals surface area contributed by atoms with E-state index in [-0.39, 0.29) is 5.41 Å². The number of rotatable bonds is 1. The Balaban J connectivity index is 2.48. The maximum atomic E-state index is 8.89. The maximum Gasteiger partial charge on any atom is 0.101 e. The second kappa shape index (κ2) is 2.46. The number of halogens is 1. The number of nitriles is 1. The zero-order valence-corrected chi connectivity index (χ0v) is 7.17. The highest BCUT2D eigenvalue weighted by atomic mass is 35.5. The van der Waals surface area contributed by atoms with Crippen molar-refractivity contribution in [2.45, 2.75) is 18.3 Å². The van der Waals surface area contributed by atoms with Gasteiger partial charge in [0.05, 0.1) is 16.8 Å². The van der Waals surface area contributed by atoms with Crippen LogP contribution in [0.5, 0.6) is 0 Å². The van der Waals surface area contributed by atoms with Crippen LogP contribution in [0.1, 0.15) is 18.5 Å². The van der Waals surface area contributed by atoms with Gasteiger partial charge in [-0.05, 0) is 25.0 Å². The van der Waals surface area contributed by atoms with Crippen molar-refractivity contribution in [3.63, 3.8) is 0 Å². The molecule has 1 saturated carbocycles. The average Bonchev–Trinajstić information content (AvgIpc) is 2.86. The zero-order valence-electron chi connectivity index (χ0n) is 6.42. The number of aromatic nitrogens is 1. The van der Waals surface area contributed by atoms with Crippen LogP contribution in [0.25, 0.3) is 0 Å². The van der Waals surface area contributed by atoms with E-state index in [1.807, 2.05) is 0 Å². The molecule has 1 aliphatic rings. The lowest BCUT2D eigenvalue weighted by Crippen LogP contribution is -2.05. The van der Waals surface area contributed by atoms with Crippen molar-refractivity contribution in [3.8, 4) is 6.07 Å². The third-order valence-electron chi connectivity index (χ3n) is 2.18. The second-order valence-electron chi connectivity index (χ2n) is 3.03. The van der Waals surface area contributed by atoms with Gasteiger partial charge in [0.2, 0.25) is 0 Å². The van der Waals surface area contributed by atoms with E-state index >= 15 is 0 Å². The third kappa shape index (κ3) is 0.981. The number of pyridine rings is 1. The van der Waals surface area contributed by atoms with E-state index in [1.165, 1.54) is 0 Å². The van der Waals surface area contributed by atoms with Crippen LogP contribution in [0.2, 0.25) is 5.02 Å². The van der Waals surface area contributed by atoms with Crippen molar-refractivity contribution in [2.24, 2.45) is 0 Å². The van der Waals surface area contributed by atoms with Gasteiger partial charge in [0.15, 0.2) is 0 Å². The summed E-state index contributed by atoms with van der Waals surface area (Å²) in [6.07, 6.45) is 3.46. The molecule has 2 nitrogen and oxygen atoms in total. The van der Waals surface area contributed by atoms with Gasteiger partial charge in [-0.2, -0.15) is 5.26 Å². The highest BCUT2D eigenvalue weighted by Gasteiger charge is 2.47. The topological polar surface area (TPSA) is 36.7 Å². The first-order valence-corrected chi connectivity index (χ1v) is 4.18. The van der Waals surface area contributed by atoms with Crippen LogP contribution in [-0.2, 0) is 5.41 Å². The summed E-state index contributed by atoms with van der Waals surface area (Å²) in [4.78, 5) is 4.13. The van der Waals surface area contributed by atoms with Gasteiger partial charge < -0.3 is 0 Å². The minimum atomic E-state index is -0.363. The molecule has 0 spiro atoms. The molecule has 60 valence electrons. The zero-order chi connectivity index (χ0) is 8.60. The van der Waals surface area contributed by atoms with Crippen LogP contribution in [0, 0.1) is 11.3 Å². The van der Waals surface area contributed by atoms with Crippen molar-refractivity contribution in [2.75, 3.05) is 0 Å². The van der Waals surface area contributed by atoms with Crippen molar-refractivity contribution in [1.29, 1.82) is 5.26 Å². The minimum absolute atomic E-state index is 0.363. The molecule has 0 aliphatic heterocycles. The Morgan fingerprint density at radius 2 is 2.33 bits per heavy atom. The molecule has 0 unspecified atom stereocenters. The summed E-state index contributed by atoms with van der Waals surface area (Å²) < 4.78 is 0. The molecule has 1 heterocycles. The first-order valence-electron chi connectivity index (χ1n) is 3.81. The lowest BCUT2D eigenvalue weighted by molar-refractivity contribution is 0.855. The van der Waals surface area contributed by atoms with Crippen LogP contribution in [0.4, 0.5) is 0 Å². The summed E-state index contributed by atoms with van der Waals surface area (Å²) in [6.45, 7) is 0. The monoisotopic (exact) mass is 178 g/mol. The molecule has 0 atom stereocenters. The van der Waals surface area contributed by atoms with Crippen LogP contribution < -0.4 is 0 Å². The molecule has 0 saturated heterocycles. The Morgan fingerprint density at radius 3 is 2.83 bits per heavy atom. The summed E-state index contributed by atoms with van der Waals surface area (Å²) in [7, 11) is 0. The second-order valence-corrected chi connectivity index (χ2v) is 3.43. The lowest BCUT2D eigenvalue weighted by atomic mass is 10.0. The molecule has 12 heavy (non-hydrogen) atoms. The summed E-state index contributed by atoms with van der Waals surface area (Å²) in [5, 5.41) is 9.49. The highest BCUT2D eigenvalue weighted by Crippen LogP contribution is 2.48. The number of hydrogen-bond acceptors (Lipinski definition) is 2. The van der Waals surface area contributed by atoms with E-state index in [1.54, 1.807) is 18.3 Å². The largest absolute Gasteiger partial charge is 0.258 e. The molecule has 1 aromatic rings. The normalized spacial score (nSPS) is 18.3. The van der Waals surface area contributed by atoms with E-state index < -0.39 is 0 Å². The van der Waals surface area contributed by atoms with Crippen molar-refractivity contribution in [3.05, 3.63) is 29.0 Å². The Bertz CT molecular complexity index is 350. The smallest absolute Gasteiger partial charge is 0.101 e. The van der Waals surface area contributed by atoms with Gasteiger partial charge in [0.25, 0.3) is 0 Å². The van der Waals surface area contributed by atoms with Gasteiger partial charge >= 0.3 is 0 Å². The van der Waals surface area contributed by atoms with Crippen LogP contribution >= 0.6 is 11.6 Å². The molecule has 0 aromatic carbocycles. The molecule has 2 rings (SSSR count). The fourth-order valence-electron chi connectivity index (χ4n) is 1.26. The lowest BCUT2D eigenvalue weighted by Gasteiger charge is -2.05. The van der Waals surface area contributed by atoms with Gasteiger partial charge in [-0.1, -0.05) is 11.6 Å². The Hall–Kier alpha value is -1.07. The van der Waals surface area contributed by atoms with Crippen molar-refractivity contribution >= 4 is 11.6 Å². The summed E-state index contributed by atoms with van der Waals surface area (Å²) >= 11 is 5.91. The van der Waals surface area contributed by atoms with Gasteiger partial charge in [0.1, 0.15) is 5.41 Å². The van der Waals surface area contributed by atoms with Gasteiger partial charge in [-0.15, -0.1) is 0 Å². The molecule has 0 radical (unpaired) electrons. The Kier molecular flexibility index (Phi) is 1.55. The highest BCUT2D eigenvalue weighted by molar-refractivity contribution is 6.31. The summed E-state index contributed by atoms with van der Waals surface area (Å²) in [5.41, 5.74) is 0.382. The Morgan fingerprint density at radius 1 is 1.58 bits per heavy atom. The number of hydrogen-bond donors (Lipinski definition) is 0. The van der Waals surface area contributed by atoms with Crippen molar-refractivity contribution in [1.82, 2.24) is 4.98 Å². The first kappa shape index (κ1) is 7.57. The minimum Gasteiger partial charge on any atom is -0.258 e. The molecule has 0 bridgehead atoms. The third-order valence-corrected chi connectivity index (χ3v) is 2.48.